The van der Waals surface area contributed by atoms with E-state index < -0.39 is 5.91 Å². The minimum absolute atomic E-state index is 0.0643. The molecule has 2 aromatic rings. The Balaban J connectivity index is 2.37. The van der Waals surface area contributed by atoms with E-state index in [1.54, 1.807) is 19.3 Å². The molecule has 2 rings (SSSR count). The summed E-state index contributed by atoms with van der Waals surface area (Å²) in [5.74, 6) is 0.668. The van der Waals surface area contributed by atoms with E-state index in [4.69, 9.17) is 4.74 Å². The normalized spacial score (nSPS) is 11.2. The van der Waals surface area contributed by atoms with Crippen LogP contribution in [0, 0.1) is 25.2 Å². The fraction of sp³-hybridized carbons (Fsp3) is 0.273. The number of carbonyl (C=O) groups is 1. The largest absolute Gasteiger partial charge is 0.496 e. The van der Waals surface area contributed by atoms with Crippen LogP contribution in [0.25, 0.3) is 6.08 Å². The van der Waals surface area contributed by atoms with Crippen molar-refractivity contribution in [3.8, 4) is 11.8 Å². The molecule has 0 aliphatic carbocycles. The van der Waals surface area contributed by atoms with Crippen LogP contribution in [0.3, 0.4) is 0 Å². The first-order chi connectivity index (χ1) is 12.3. The summed E-state index contributed by atoms with van der Waals surface area (Å²) in [4.78, 5) is 12.5. The minimum atomic E-state index is -0.417. The third-order valence-electron chi connectivity index (χ3n) is 4.18. The van der Waals surface area contributed by atoms with E-state index in [9.17, 15) is 10.1 Å². The lowest BCUT2D eigenvalue weighted by Crippen LogP contribution is -2.13. The van der Waals surface area contributed by atoms with Gasteiger partial charge in [0.2, 0.25) is 0 Å². The molecule has 1 amide bonds. The Bertz CT molecular complexity index is 890. The molecule has 0 radical (unpaired) electrons. The molecule has 1 N–H and O–H groups in total. The van der Waals surface area contributed by atoms with Gasteiger partial charge in [-0.1, -0.05) is 26.0 Å². The number of methoxy groups -OCH3 is 1. The zero-order valence-corrected chi connectivity index (χ0v) is 15.9. The highest BCUT2D eigenvalue weighted by atomic mass is 16.5. The maximum Gasteiger partial charge on any atom is 0.266 e. The van der Waals surface area contributed by atoms with Gasteiger partial charge in [0.1, 0.15) is 17.4 Å². The highest BCUT2D eigenvalue weighted by Gasteiger charge is 2.14. The number of carbonyl (C=O) groups excluding carboxylic acids is 1. The Morgan fingerprint density at radius 1 is 1.23 bits per heavy atom. The second-order valence-corrected chi connectivity index (χ2v) is 6.60. The summed E-state index contributed by atoms with van der Waals surface area (Å²) in [5.41, 5.74) is 4.60. The molecule has 0 saturated carbocycles. The topological polar surface area (TPSA) is 62.1 Å². The minimum Gasteiger partial charge on any atom is -0.496 e. The van der Waals surface area contributed by atoms with Crippen molar-refractivity contribution in [2.24, 2.45) is 0 Å². The van der Waals surface area contributed by atoms with Gasteiger partial charge >= 0.3 is 0 Å². The summed E-state index contributed by atoms with van der Waals surface area (Å²) >= 11 is 0. The van der Waals surface area contributed by atoms with Crippen LogP contribution in [0.1, 0.15) is 42.0 Å². The summed E-state index contributed by atoms with van der Waals surface area (Å²) in [6.07, 6.45) is 1.63. The van der Waals surface area contributed by atoms with Crippen molar-refractivity contribution in [1.29, 1.82) is 5.26 Å². The van der Waals surface area contributed by atoms with Crippen LogP contribution in [-0.2, 0) is 4.79 Å². The Morgan fingerprint density at radius 2 is 1.96 bits per heavy atom. The highest BCUT2D eigenvalue weighted by molar-refractivity contribution is 6.09. The van der Waals surface area contributed by atoms with Crippen molar-refractivity contribution < 1.29 is 9.53 Å². The fourth-order valence-corrected chi connectivity index (χ4v) is 2.72. The van der Waals surface area contributed by atoms with E-state index in [1.807, 2.05) is 50.2 Å². The van der Waals surface area contributed by atoms with E-state index in [1.165, 1.54) is 0 Å². The molecule has 0 heterocycles. The van der Waals surface area contributed by atoms with Crippen LogP contribution in [0.5, 0.6) is 5.75 Å². The average Bonchev–Trinajstić information content (AvgIpc) is 2.59. The van der Waals surface area contributed by atoms with Gasteiger partial charge in [0, 0.05) is 5.69 Å². The maximum atomic E-state index is 12.5. The lowest BCUT2D eigenvalue weighted by molar-refractivity contribution is -0.112. The number of hydrogen-bond acceptors (Lipinski definition) is 3. The molecule has 134 valence electrons. The first kappa shape index (κ1) is 19.3. The van der Waals surface area contributed by atoms with E-state index in [0.29, 0.717) is 5.69 Å². The fourth-order valence-electron chi connectivity index (χ4n) is 2.72. The summed E-state index contributed by atoms with van der Waals surface area (Å²) in [5, 5.41) is 12.2. The molecule has 0 aliphatic rings. The van der Waals surface area contributed by atoms with Crippen molar-refractivity contribution in [3.05, 3.63) is 64.2 Å². The number of benzene rings is 2. The third-order valence-corrected chi connectivity index (χ3v) is 4.18. The van der Waals surface area contributed by atoms with Gasteiger partial charge < -0.3 is 10.1 Å². The van der Waals surface area contributed by atoms with Crippen molar-refractivity contribution in [2.75, 3.05) is 12.4 Å². The zero-order chi connectivity index (χ0) is 19.3. The van der Waals surface area contributed by atoms with Crippen LogP contribution < -0.4 is 10.1 Å². The molecule has 0 aromatic heterocycles. The second-order valence-electron chi connectivity index (χ2n) is 6.60. The van der Waals surface area contributed by atoms with Gasteiger partial charge in [-0.3, -0.25) is 4.79 Å². The Morgan fingerprint density at radius 3 is 2.54 bits per heavy atom. The molecular formula is C22H24N2O2. The molecule has 0 spiro atoms. The van der Waals surface area contributed by atoms with E-state index in [0.717, 1.165) is 28.0 Å². The number of nitriles is 1. The van der Waals surface area contributed by atoms with Crippen LogP contribution in [0.4, 0.5) is 5.69 Å². The predicted octanol–water partition coefficient (Wildman–Crippen LogP) is 4.98. The molecule has 0 aliphatic heterocycles. The van der Waals surface area contributed by atoms with Crippen LogP contribution in [-0.4, -0.2) is 13.0 Å². The van der Waals surface area contributed by atoms with Gasteiger partial charge in [0.25, 0.3) is 5.91 Å². The Hall–Kier alpha value is -3.06. The Kier molecular flexibility index (Phi) is 6.19. The Labute approximate surface area is 155 Å². The molecule has 4 nitrogen and oxygen atoms in total. The number of amides is 1. The van der Waals surface area contributed by atoms with Crippen molar-refractivity contribution in [3.63, 3.8) is 0 Å². The monoisotopic (exact) mass is 348 g/mol. The zero-order valence-electron chi connectivity index (χ0n) is 15.9. The molecule has 0 bridgehead atoms. The van der Waals surface area contributed by atoms with Gasteiger partial charge in [-0.2, -0.15) is 5.26 Å². The average molecular weight is 348 g/mol. The number of nitrogens with one attached hydrogen (secondary N) is 1. The summed E-state index contributed by atoms with van der Waals surface area (Å²) in [7, 11) is 1.65. The number of anilines is 1. The van der Waals surface area contributed by atoms with Gasteiger partial charge in [-0.25, -0.2) is 0 Å². The standard InChI is InChI=1S/C22H24N2O2/c1-14(2)20-12-17(16(4)10-21(20)26-5)11-18(13-23)22(25)24-19-8-6-7-15(3)9-19/h6-12,14H,1-5H3,(H,24,25)/b18-11+. The quantitative estimate of drug-likeness (QED) is 0.612. The molecule has 0 atom stereocenters. The first-order valence-electron chi connectivity index (χ1n) is 8.54. The van der Waals surface area contributed by atoms with Crippen LogP contribution >= 0.6 is 0 Å². The number of rotatable bonds is 5. The van der Waals surface area contributed by atoms with Crippen molar-refractivity contribution in [1.82, 2.24) is 0 Å². The number of aryl methyl sites for hydroxylation is 2. The van der Waals surface area contributed by atoms with Gasteiger partial charge in [-0.05, 0) is 72.4 Å². The lowest BCUT2D eigenvalue weighted by atomic mass is 9.95. The second kappa shape index (κ2) is 8.35. The first-order valence-corrected chi connectivity index (χ1v) is 8.54. The van der Waals surface area contributed by atoms with Gasteiger partial charge in [-0.15, -0.1) is 0 Å². The molecule has 2 aromatic carbocycles. The SMILES string of the molecule is COc1cc(C)c(/C=C(\C#N)C(=O)Nc2cccc(C)c2)cc1C(C)C. The van der Waals surface area contributed by atoms with Crippen molar-refractivity contribution >= 4 is 17.7 Å². The maximum absolute atomic E-state index is 12.5. The molecule has 0 unspecified atom stereocenters. The molecule has 0 saturated heterocycles. The highest BCUT2D eigenvalue weighted by Crippen LogP contribution is 2.30. The molecule has 4 heteroatoms. The van der Waals surface area contributed by atoms with E-state index in [2.05, 4.69) is 19.2 Å². The number of ether oxygens (including phenoxy) is 1. The van der Waals surface area contributed by atoms with E-state index >= 15 is 0 Å². The summed E-state index contributed by atoms with van der Waals surface area (Å²) in [6.45, 7) is 8.05. The molecule has 26 heavy (non-hydrogen) atoms. The van der Waals surface area contributed by atoms with Gasteiger partial charge in [0.05, 0.1) is 7.11 Å². The molecule has 0 fully saturated rings. The third kappa shape index (κ3) is 4.52. The number of hydrogen-bond donors (Lipinski definition) is 1. The number of nitrogens with zero attached hydrogens (tertiary/aromatic N) is 1. The van der Waals surface area contributed by atoms with Crippen LogP contribution in [0.15, 0.2) is 42.0 Å². The predicted molar refractivity (Wildman–Crippen MR) is 105 cm³/mol. The van der Waals surface area contributed by atoms with E-state index in [-0.39, 0.29) is 11.5 Å². The van der Waals surface area contributed by atoms with Crippen LogP contribution in [0.2, 0.25) is 0 Å². The van der Waals surface area contributed by atoms with Crippen molar-refractivity contribution in [2.45, 2.75) is 33.6 Å². The molecular weight excluding hydrogens is 324 g/mol. The smallest absolute Gasteiger partial charge is 0.266 e. The summed E-state index contributed by atoms with van der Waals surface area (Å²) in [6, 6.07) is 13.4. The van der Waals surface area contributed by atoms with Gasteiger partial charge in [0.15, 0.2) is 0 Å². The lowest BCUT2D eigenvalue weighted by Gasteiger charge is -2.15. The summed E-state index contributed by atoms with van der Waals surface area (Å²) < 4.78 is 5.45.